The average molecular weight is 904 g/mol. The Kier molecular flexibility index (Phi) is 23.0. The summed E-state index contributed by atoms with van der Waals surface area (Å²) in [6.45, 7) is 13.3. The van der Waals surface area contributed by atoms with Crippen molar-refractivity contribution in [2.75, 3.05) is 34.3 Å². The second kappa shape index (κ2) is 24.2. The number of hydrogen-bond donors (Lipinski definition) is 2. The summed E-state index contributed by atoms with van der Waals surface area (Å²) in [5.41, 5.74) is -4.99. The minimum atomic E-state index is -3.10. The molecule has 18 heteroatoms. The molecule has 360 valence electrons. The molecule has 16 nitrogen and oxygen atoms in total. The lowest BCUT2D eigenvalue weighted by Gasteiger charge is -2.45. The number of aryl methyl sites for hydroxylation is 1. The van der Waals surface area contributed by atoms with Gasteiger partial charge in [-0.1, -0.05) is 56.2 Å². The van der Waals surface area contributed by atoms with E-state index in [0.29, 0.717) is 51.0 Å². The molecule has 3 fully saturated rings. The molecular formula is C44H82FN7O9S. The molecule has 62 heavy (non-hydrogen) atoms. The topological polar surface area (TPSA) is 180 Å². The molecule has 0 aliphatic carbocycles. The van der Waals surface area contributed by atoms with Crippen LogP contribution in [0.2, 0.25) is 0 Å². The summed E-state index contributed by atoms with van der Waals surface area (Å²) in [6, 6.07) is -1.31. The number of methoxy groups -OCH3 is 1. The maximum atomic E-state index is 16.7. The summed E-state index contributed by atoms with van der Waals surface area (Å²) in [4.78, 5) is 49.3. The fourth-order valence-corrected chi connectivity index (χ4v) is 9.13. The molecule has 0 aromatic carbocycles. The number of nitrogens with zero attached hydrogens (tertiary/aromatic N) is 6. The van der Waals surface area contributed by atoms with Crippen LogP contribution >= 0.6 is 11.3 Å². The number of cyclic esters (lactones) is 1. The van der Waals surface area contributed by atoms with Gasteiger partial charge in [-0.25, -0.2) is 19.0 Å². The second-order valence-electron chi connectivity index (χ2n) is 16.8. The van der Waals surface area contributed by atoms with Gasteiger partial charge in [-0.2, -0.15) is 0 Å². The first-order valence-electron chi connectivity index (χ1n) is 20.0. The number of carbonyl (C=O) groups is 3. The number of unbranched alkanes of at least 4 members (excludes halogenated alkanes) is 1. The summed E-state index contributed by atoms with van der Waals surface area (Å²) in [5.74, 6) is -2.57. The van der Waals surface area contributed by atoms with E-state index >= 15 is 4.39 Å². The lowest BCUT2D eigenvalue weighted by Crippen LogP contribution is -2.61. The van der Waals surface area contributed by atoms with Crippen molar-refractivity contribution in [1.82, 2.24) is 35.1 Å². The van der Waals surface area contributed by atoms with Gasteiger partial charge in [0.05, 0.1) is 30.0 Å². The predicted octanol–water partition coefficient (Wildman–Crippen LogP) is 7.19. The summed E-state index contributed by atoms with van der Waals surface area (Å²) in [7, 11) is 5.19. The lowest BCUT2D eigenvalue weighted by atomic mass is 9.83. The number of fused-ring (bicyclic) bond motifs is 1. The monoisotopic (exact) mass is 904 g/mol. The molecule has 5 heterocycles. The zero-order valence-corrected chi connectivity index (χ0v) is 35.8. The molecule has 3 unspecified atom stereocenters. The number of aliphatic hydroxyl groups is 1. The van der Waals surface area contributed by atoms with Crippen molar-refractivity contribution in [2.24, 2.45) is 5.92 Å². The molecule has 5 rings (SSSR count). The maximum absolute atomic E-state index is 16.7. The van der Waals surface area contributed by atoms with Gasteiger partial charge in [0.25, 0.3) is 5.67 Å². The van der Waals surface area contributed by atoms with Crippen molar-refractivity contribution in [3.8, 4) is 10.7 Å². The van der Waals surface area contributed by atoms with E-state index in [2.05, 4.69) is 20.6 Å². The number of ketones is 1. The van der Waals surface area contributed by atoms with E-state index in [4.69, 9.17) is 23.7 Å². The van der Waals surface area contributed by atoms with Crippen LogP contribution in [0.1, 0.15) is 124 Å². The van der Waals surface area contributed by atoms with Crippen LogP contribution in [0.25, 0.3) is 10.7 Å². The van der Waals surface area contributed by atoms with Crippen molar-refractivity contribution < 1.29 is 47.6 Å². The highest BCUT2D eigenvalue weighted by Gasteiger charge is 2.59. The predicted molar refractivity (Wildman–Crippen MR) is 243 cm³/mol. The Labute approximate surface area is 375 Å². The second-order valence-corrected chi connectivity index (χ2v) is 17.6. The van der Waals surface area contributed by atoms with E-state index in [-0.39, 0.29) is 67.7 Å². The number of halogens is 1. The molecule has 2 N–H and O–H groups in total. The van der Waals surface area contributed by atoms with Gasteiger partial charge < -0.3 is 39.0 Å². The Morgan fingerprint density at radius 2 is 1.73 bits per heavy atom. The maximum Gasteiger partial charge on any atom is 0.410 e. The van der Waals surface area contributed by atoms with Gasteiger partial charge in [-0.3, -0.25) is 14.4 Å². The molecule has 2 aromatic rings. The number of rotatable bonds is 11. The SMILES string of the molecule is C.C.C.C.C.CC[C@H]1OC(=O)[C@](C)(F)C(=O)C[C@@H](O[C@@H]2OC(C)CC(N(C)C)C2O)[C@](C)(OC)C[C@@H](C)CN[C@H](C)[C@H]2N(CCCCn3cc(-c4nccs4)nn3)C(=O)O[C@]12C. The molecule has 0 spiro atoms. The van der Waals surface area contributed by atoms with Crippen LogP contribution in [0.4, 0.5) is 9.18 Å². The first-order valence-corrected chi connectivity index (χ1v) is 20.9. The molecule has 2 aromatic heterocycles. The van der Waals surface area contributed by atoms with Crippen molar-refractivity contribution in [1.29, 1.82) is 0 Å². The number of likely N-dealkylation sites (N-methyl/N-ethyl adjacent to an activating group) is 1. The standard InChI is InChI=1S/C39H62FN7O9S.5CH4/c1-11-29-39(7)32(47(36(51)56-39)16-13-12-15-46-22-26(43-44-46)33-41-14-17-57-33)25(4)42-21-23(2)20-37(5,52-10)30(19-28(48)38(6,40)35(50)55-29)54-34-31(49)27(45(8)9)18-24(3)53-34;;;;;/h14,17,22-25,27,29-32,34,42,49H,11-13,15-16,18-21H2,1-10H3;5*1H4/t23-,24?,25-,27?,29-,30-,31?,32-,34+,37-,38-,39-;;;;;/m1...../s1. The Balaban J connectivity index is 0.00000744. The third-order valence-electron chi connectivity index (χ3n) is 12.0. The van der Waals surface area contributed by atoms with Crippen molar-refractivity contribution in [3.63, 3.8) is 0 Å². The first kappa shape index (κ1) is 58.9. The highest BCUT2D eigenvalue weighted by molar-refractivity contribution is 7.13. The van der Waals surface area contributed by atoms with Gasteiger partial charge >= 0.3 is 12.1 Å². The van der Waals surface area contributed by atoms with Crippen LogP contribution in [0.5, 0.6) is 0 Å². The fraction of sp³-hybridized carbons (Fsp3) is 0.818. The zero-order chi connectivity index (χ0) is 41.9. The minimum Gasteiger partial charge on any atom is -0.455 e. The Bertz CT molecular complexity index is 1670. The molecule has 1 amide bonds. The molecule has 12 atom stereocenters. The highest BCUT2D eigenvalue weighted by Crippen LogP contribution is 2.40. The highest BCUT2D eigenvalue weighted by atomic mass is 32.1. The van der Waals surface area contributed by atoms with Crippen molar-refractivity contribution in [3.05, 3.63) is 17.8 Å². The van der Waals surface area contributed by atoms with Gasteiger partial charge in [0.15, 0.2) is 17.7 Å². The van der Waals surface area contributed by atoms with Gasteiger partial charge in [0.1, 0.15) is 22.9 Å². The van der Waals surface area contributed by atoms with Crippen LogP contribution in [0, 0.1) is 5.92 Å². The average Bonchev–Trinajstić information content (AvgIpc) is 3.91. The van der Waals surface area contributed by atoms with Crippen LogP contribution in [0.15, 0.2) is 17.8 Å². The summed E-state index contributed by atoms with van der Waals surface area (Å²) < 4.78 is 48.9. The number of alkyl halides is 1. The molecule has 3 aliphatic heterocycles. The number of aliphatic hydroxyl groups excluding tert-OH is 1. The van der Waals surface area contributed by atoms with Gasteiger partial charge in [0.2, 0.25) is 0 Å². The molecule has 0 bridgehead atoms. The summed E-state index contributed by atoms with van der Waals surface area (Å²) in [5, 5.41) is 26.0. The number of ether oxygens (including phenoxy) is 5. The van der Waals surface area contributed by atoms with Crippen molar-refractivity contribution >= 4 is 29.2 Å². The number of esters is 1. The van der Waals surface area contributed by atoms with Crippen LogP contribution in [0.3, 0.4) is 0 Å². The number of hydrogen-bond acceptors (Lipinski definition) is 15. The summed E-state index contributed by atoms with van der Waals surface area (Å²) >= 11 is 1.48. The number of nitrogens with one attached hydrogen (secondary N) is 1. The quantitative estimate of drug-likeness (QED) is 0.132. The molecule has 0 saturated carbocycles. The number of aromatic nitrogens is 4. The van der Waals surface area contributed by atoms with Crippen LogP contribution in [-0.2, 0) is 39.8 Å². The molecule has 3 aliphatic rings. The third-order valence-corrected chi connectivity index (χ3v) is 12.8. The van der Waals surface area contributed by atoms with E-state index in [9.17, 15) is 19.5 Å². The Morgan fingerprint density at radius 3 is 2.32 bits per heavy atom. The lowest BCUT2D eigenvalue weighted by molar-refractivity contribution is -0.289. The number of thiazole rings is 1. The van der Waals surface area contributed by atoms with Gasteiger partial charge in [0, 0.05) is 50.3 Å². The van der Waals surface area contributed by atoms with E-state index in [0.717, 1.165) is 11.9 Å². The normalized spacial score (nSPS) is 34.4. The minimum absolute atomic E-state index is 0. The fourth-order valence-electron chi connectivity index (χ4n) is 8.55. The number of amides is 1. The zero-order valence-electron chi connectivity index (χ0n) is 35.0. The van der Waals surface area contributed by atoms with E-state index in [1.54, 1.807) is 36.5 Å². The Hall–Kier alpha value is -3.13. The van der Waals surface area contributed by atoms with Crippen LogP contribution in [-0.4, -0.2) is 153 Å². The van der Waals surface area contributed by atoms with E-state index in [1.807, 2.05) is 51.3 Å². The van der Waals surface area contributed by atoms with E-state index in [1.165, 1.54) is 18.4 Å². The van der Waals surface area contributed by atoms with E-state index < -0.39 is 71.8 Å². The number of carbonyl (C=O) groups excluding carboxylic acids is 3. The first-order chi connectivity index (χ1) is 26.8. The molecule has 3 saturated heterocycles. The van der Waals surface area contributed by atoms with Crippen molar-refractivity contribution in [2.45, 2.75) is 196 Å². The van der Waals surface area contributed by atoms with Gasteiger partial charge in [-0.05, 0) is 93.3 Å². The smallest absolute Gasteiger partial charge is 0.410 e. The third kappa shape index (κ3) is 12.8. The Morgan fingerprint density at radius 1 is 1.06 bits per heavy atom. The largest absolute Gasteiger partial charge is 0.455 e. The molecule has 0 radical (unpaired) electrons. The summed E-state index contributed by atoms with van der Waals surface area (Å²) in [6.07, 6.45) is 0.0451. The van der Waals surface area contributed by atoms with Gasteiger partial charge in [-0.15, -0.1) is 16.4 Å². The van der Waals surface area contributed by atoms with Crippen LogP contribution < -0.4 is 5.32 Å². The number of Topliss-reactive ketones (excluding diaryl/α,β-unsaturated/α-hetero) is 1. The molecular weight excluding hydrogens is 822 g/mol.